The average Bonchev–Trinajstić information content (AvgIpc) is 3.21. The number of carbonyl (C=O) groups excluding carboxylic acids is 1. The topological polar surface area (TPSA) is 41.6 Å². The second kappa shape index (κ2) is 7.54. The molecule has 1 saturated carbocycles. The van der Waals surface area contributed by atoms with E-state index in [0.717, 1.165) is 24.7 Å². The minimum atomic E-state index is -0.220. The van der Waals surface area contributed by atoms with E-state index in [-0.39, 0.29) is 5.97 Å². The molecule has 0 heterocycles. The van der Waals surface area contributed by atoms with Gasteiger partial charge in [0.25, 0.3) is 0 Å². The number of hydrogen-bond donors (Lipinski definition) is 1. The van der Waals surface area contributed by atoms with Crippen LogP contribution in [0.15, 0.2) is 11.6 Å². The largest absolute Gasteiger partial charge is 0.466 e. The van der Waals surface area contributed by atoms with Crippen molar-refractivity contribution < 1.29 is 9.53 Å². The molecule has 0 aromatic heterocycles. The summed E-state index contributed by atoms with van der Waals surface area (Å²) >= 11 is 0. The maximum absolute atomic E-state index is 11.4. The Balaban J connectivity index is 2.23. The van der Waals surface area contributed by atoms with Crippen LogP contribution < -0.4 is 5.32 Å². The van der Waals surface area contributed by atoms with Gasteiger partial charge in [-0.25, -0.2) is 4.79 Å². The SMILES string of the molecule is CCC(=CCNCC(C)N(C)C1CC1)C(=O)OC. The lowest BCUT2D eigenvalue weighted by molar-refractivity contribution is -0.136. The first-order chi connectivity index (χ1) is 8.60. The van der Waals surface area contributed by atoms with E-state index in [4.69, 9.17) is 4.74 Å². The number of nitrogens with zero attached hydrogens (tertiary/aromatic N) is 1. The van der Waals surface area contributed by atoms with E-state index in [1.54, 1.807) is 0 Å². The van der Waals surface area contributed by atoms with E-state index in [1.807, 2.05) is 13.0 Å². The third kappa shape index (κ3) is 4.78. The Bertz CT molecular complexity index is 298. The molecule has 1 aliphatic rings. The minimum absolute atomic E-state index is 0.220. The lowest BCUT2D eigenvalue weighted by atomic mass is 10.2. The molecule has 4 heteroatoms. The Kier molecular flexibility index (Phi) is 6.36. The molecule has 0 aliphatic heterocycles. The molecular formula is C14H26N2O2. The summed E-state index contributed by atoms with van der Waals surface area (Å²) in [4.78, 5) is 13.8. The third-order valence-electron chi connectivity index (χ3n) is 3.58. The average molecular weight is 254 g/mol. The highest BCUT2D eigenvalue weighted by molar-refractivity contribution is 5.88. The molecule has 18 heavy (non-hydrogen) atoms. The lowest BCUT2D eigenvalue weighted by Gasteiger charge is -2.24. The van der Waals surface area contributed by atoms with Crippen molar-refractivity contribution in [1.82, 2.24) is 10.2 Å². The maximum Gasteiger partial charge on any atom is 0.333 e. The molecule has 0 spiro atoms. The quantitative estimate of drug-likeness (QED) is 0.405. The monoisotopic (exact) mass is 254 g/mol. The zero-order valence-electron chi connectivity index (χ0n) is 12.0. The number of methoxy groups -OCH3 is 1. The highest BCUT2D eigenvalue weighted by Crippen LogP contribution is 2.26. The Morgan fingerprint density at radius 2 is 2.22 bits per heavy atom. The van der Waals surface area contributed by atoms with Gasteiger partial charge in [-0.15, -0.1) is 0 Å². The molecule has 1 aliphatic carbocycles. The summed E-state index contributed by atoms with van der Waals surface area (Å²) in [6, 6.07) is 1.33. The Morgan fingerprint density at radius 1 is 1.56 bits per heavy atom. The zero-order valence-corrected chi connectivity index (χ0v) is 12.0. The van der Waals surface area contributed by atoms with Crippen LogP contribution >= 0.6 is 0 Å². The first-order valence-corrected chi connectivity index (χ1v) is 6.80. The van der Waals surface area contributed by atoms with E-state index < -0.39 is 0 Å². The Labute approximate surface area is 110 Å². The van der Waals surface area contributed by atoms with Crippen LogP contribution in [0.25, 0.3) is 0 Å². The van der Waals surface area contributed by atoms with E-state index in [2.05, 4.69) is 24.2 Å². The second-order valence-electron chi connectivity index (χ2n) is 4.98. The molecule has 0 radical (unpaired) electrons. The second-order valence-corrected chi connectivity index (χ2v) is 4.98. The highest BCUT2D eigenvalue weighted by Gasteiger charge is 2.28. The predicted octanol–water partition coefficient (Wildman–Crippen LogP) is 1.57. The molecule has 104 valence electrons. The maximum atomic E-state index is 11.4. The number of hydrogen-bond acceptors (Lipinski definition) is 4. The van der Waals surface area contributed by atoms with Gasteiger partial charge in [-0.1, -0.05) is 13.0 Å². The fraction of sp³-hybridized carbons (Fsp3) is 0.786. The molecule has 1 N–H and O–H groups in total. The third-order valence-corrected chi connectivity index (χ3v) is 3.58. The lowest BCUT2D eigenvalue weighted by Crippen LogP contribution is -2.39. The number of nitrogens with one attached hydrogen (secondary N) is 1. The number of esters is 1. The summed E-state index contributed by atoms with van der Waals surface area (Å²) in [6.45, 7) is 5.87. The predicted molar refractivity (Wildman–Crippen MR) is 73.5 cm³/mol. The van der Waals surface area contributed by atoms with Gasteiger partial charge in [-0.3, -0.25) is 4.90 Å². The van der Waals surface area contributed by atoms with Crippen molar-refractivity contribution in [2.24, 2.45) is 0 Å². The van der Waals surface area contributed by atoms with E-state index in [9.17, 15) is 4.79 Å². The van der Waals surface area contributed by atoms with Crippen molar-refractivity contribution in [2.45, 2.75) is 45.2 Å². The van der Waals surface area contributed by atoms with Crippen LogP contribution in [0, 0.1) is 0 Å². The summed E-state index contributed by atoms with van der Waals surface area (Å²) in [5.41, 5.74) is 0.744. The van der Waals surface area contributed by atoms with Gasteiger partial charge >= 0.3 is 5.97 Å². The van der Waals surface area contributed by atoms with Gasteiger partial charge in [0.15, 0.2) is 0 Å². The van der Waals surface area contributed by atoms with Gasteiger partial charge in [0.1, 0.15) is 0 Å². The molecule has 1 fully saturated rings. The van der Waals surface area contributed by atoms with Gasteiger partial charge in [-0.2, -0.15) is 0 Å². The van der Waals surface area contributed by atoms with E-state index in [0.29, 0.717) is 12.5 Å². The molecule has 1 unspecified atom stereocenters. The summed E-state index contributed by atoms with van der Waals surface area (Å²) in [6.07, 6.45) is 5.31. The van der Waals surface area contributed by atoms with Gasteiger partial charge in [0.05, 0.1) is 7.11 Å². The molecule has 0 bridgehead atoms. The Hall–Kier alpha value is -0.870. The molecule has 1 atom stereocenters. The van der Waals surface area contributed by atoms with Crippen molar-refractivity contribution in [3.8, 4) is 0 Å². The van der Waals surface area contributed by atoms with Crippen molar-refractivity contribution in [3.05, 3.63) is 11.6 Å². The number of ether oxygens (including phenoxy) is 1. The summed E-state index contributed by atoms with van der Waals surface area (Å²) in [5.74, 6) is -0.220. The van der Waals surface area contributed by atoms with Crippen LogP contribution in [0.4, 0.5) is 0 Å². The normalized spacial score (nSPS) is 17.9. The first-order valence-electron chi connectivity index (χ1n) is 6.80. The van der Waals surface area contributed by atoms with Crippen LogP contribution in [0.5, 0.6) is 0 Å². The van der Waals surface area contributed by atoms with Crippen molar-refractivity contribution >= 4 is 5.97 Å². The molecular weight excluding hydrogens is 228 g/mol. The Morgan fingerprint density at radius 3 is 2.72 bits per heavy atom. The van der Waals surface area contributed by atoms with Crippen molar-refractivity contribution in [2.75, 3.05) is 27.2 Å². The van der Waals surface area contributed by atoms with Gasteiger partial charge < -0.3 is 10.1 Å². The van der Waals surface area contributed by atoms with Crippen LogP contribution in [0.2, 0.25) is 0 Å². The minimum Gasteiger partial charge on any atom is -0.466 e. The first kappa shape index (κ1) is 15.2. The summed E-state index contributed by atoms with van der Waals surface area (Å²) in [5, 5.41) is 3.37. The zero-order chi connectivity index (χ0) is 13.5. The van der Waals surface area contributed by atoms with E-state index in [1.165, 1.54) is 20.0 Å². The molecule has 0 aromatic carbocycles. The summed E-state index contributed by atoms with van der Waals surface area (Å²) < 4.78 is 4.72. The van der Waals surface area contributed by atoms with Gasteiger partial charge in [-0.05, 0) is 33.2 Å². The van der Waals surface area contributed by atoms with Gasteiger partial charge in [0.2, 0.25) is 0 Å². The number of rotatable bonds is 8. The molecule has 0 aromatic rings. The molecule has 0 amide bonds. The van der Waals surface area contributed by atoms with Crippen molar-refractivity contribution in [3.63, 3.8) is 0 Å². The smallest absolute Gasteiger partial charge is 0.333 e. The molecule has 0 saturated heterocycles. The van der Waals surface area contributed by atoms with Gasteiger partial charge in [0, 0.05) is 30.7 Å². The molecule has 4 nitrogen and oxygen atoms in total. The van der Waals surface area contributed by atoms with Crippen LogP contribution in [0.1, 0.15) is 33.1 Å². The highest BCUT2D eigenvalue weighted by atomic mass is 16.5. The van der Waals surface area contributed by atoms with Crippen molar-refractivity contribution in [1.29, 1.82) is 0 Å². The van der Waals surface area contributed by atoms with Crippen LogP contribution in [-0.2, 0) is 9.53 Å². The standard InChI is InChI=1S/C14H26N2O2/c1-5-12(14(17)18-4)8-9-15-10-11(2)16(3)13-6-7-13/h8,11,13,15H,5-7,9-10H2,1-4H3. The number of carbonyl (C=O) groups is 1. The fourth-order valence-corrected chi connectivity index (χ4v) is 1.98. The van der Waals surface area contributed by atoms with E-state index >= 15 is 0 Å². The molecule has 1 rings (SSSR count). The number of likely N-dealkylation sites (N-methyl/N-ethyl adjacent to an activating group) is 1. The summed E-state index contributed by atoms with van der Waals surface area (Å²) in [7, 11) is 3.61. The van der Waals surface area contributed by atoms with Crippen LogP contribution in [-0.4, -0.2) is 50.2 Å². The van der Waals surface area contributed by atoms with Crippen LogP contribution in [0.3, 0.4) is 0 Å². The fourth-order valence-electron chi connectivity index (χ4n) is 1.98.